The summed E-state index contributed by atoms with van der Waals surface area (Å²) in [4.78, 5) is 18.4. The fourth-order valence-corrected chi connectivity index (χ4v) is 3.13. The lowest BCUT2D eigenvalue weighted by Gasteiger charge is -2.34. The molecular weight excluding hydrogens is 292 g/mol. The van der Waals surface area contributed by atoms with Crippen molar-refractivity contribution in [3.05, 3.63) is 29.7 Å². The minimum absolute atomic E-state index is 0.216. The summed E-state index contributed by atoms with van der Waals surface area (Å²) in [6.07, 6.45) is 5.30. The van der Waals surface area contributed by atoms with E-state index in [0.29, 0.717) is 19.0 Å². The lowest BCUT2D eigenvalue weighted by atomic mass is 9.91. The zero-order chi connectivity index (χ0) is 16.6. The van der Waals surface area contributed by atoms with Gasteiger partial charge >= 0.3 is 6.09 Å². The summed E-state index contributed by atoms with van der Waals surface area (Å²) >= 11 is 0. The average molecular weight is 316 g/mol. The fraction of sp³-hybridized carbons (Fsp3) is 0.588. The minimum Gasteiger partial charge on any atom is -0.444 e. The summed E-state index contributed by atoms with van der Waals surface area (Å²) in [5.41, 5.74) is 2.79. The van der Waals surface area contributed by atoms with Crippen molar-refractivity contribution in [1.29, 1.82) is 0 Å². The topological polar surface area (TPSA) is 59.7 Å². The van der Waals surface area contributed by atoms with E-state index in [4.69, 9.17) is 4.74 Å². The Bertz CT molecular complexity index is 709. The van der Waals surface area contributed by atoms with Crippen LogP contribution in [0.1, 0.15) is 50.8 Å². The molecule has 1 amide bonds. The molecule has 1 saturated heterocycles. The van der Waals surface area contributed by atoms with E-state index in [1.54, 1.807) is 11.1 Å². The van der Waals surface area contributed by atoms with Crippen LogP contribution in [-0.4, -0.2) is 44.3 Å². The van der Waals surface area contributed by atoms with Gasteiger partial charge in [0.05, 0.1) is 11.9 Å². The third-order valence-electron chi connectivity index (χ3n) is 4.18. The van der Waals surface area contributed by atoms with Crippen LogP contribution in [0, 0.1) is 6.92 Å². The van der Waals surface area contributed by atoms with Crippen molar-refractivity contribution in [3.8, 4) is 0 Å². The number of hydrogen-bond acceptors (Lipinski definition) is 4. The lowest BCUT2D eigenvalue weighted by Crippen LogP contribution is -2.41. The van der Waals surface area contributed by atoms with Crippen molar-refractivity contribution in [3.63, 3.8) is 0 Å². The fourth-order valence-electron chi connectivity index (χ4n) is 3.13. The highest BCUT2D eigenvalue weighted by Gasteiger charge is 2.29. The predicted molar refractivity (Wildman–Crippen MR) is 87.5 cm³/mol. The van der Waals surface area contributed by atoms with Crippen LogP contribution in [0.4, 0.5) is 4.79 Å². The SMILES string of the molecule is Cc1cnc2ccnn2c1C1CCN(C(=O)OC(C)(C)C)CC1. The molecule has 1 aliphatic rings. The number of carbonyl (C=O) groups excluding carboxylic acids is 1. The molecule has 1 aliphatic heterocycles. The molecule has 124 valence electrons. The first kappa shape index (κ1) is 15.8. The number of ether oxygens (including phenoxy) is 1. The van der Waals surface area contributed by atoms with Gasteiger partial charge in [-0.1, -0.05) is 0 Å². The summed E-state index contributed by atoms with van der Waals surface area (Å²) in [5.74, 6) is 0.388. The van der Waals surface area contributed by atoms with E-state index in [9.17, 15) is 4.79 Å². The van der Waals surface area contributed by atoms with E-state index < -0.39 is 5.60 Å². The number of carbonyl (C=O) groups is 1. The van der Waals surface area contributed by atoms with Gasteiger partial charge in [-0.25, -0.2) is 14.3 Å². The molecule has 3 heterocycles. The number of piperidine rings is 1. The van der Waals surface area contributed by atoms with Crippen LogP contribution in [0.3, 0.4) is 0 Å². The molecule has 0 aliphatic carbocycles. The number of nitrogens with zero attached hydrogens (tertiary/aromatic N) is 4. The van der Waals surface area contributed by atoms with Crippen LogP contribution < -0.4 is 0 Å². The van der Waals surface area contributed by atoms with E-state index in [2.05, 4.69) is 17.0 Å². The molecule has 0 saturated carbocycles. The van der Waals surface area contributed by atoms with Crippen LogP contribution in [0.2, 0.25) is 0 Å². The predicted octanol–water partition coefficient (Wildman–Crippen LogP) is 3.15. The Kier molecular flexibility index (Phi) is 4.00. The monoisotopic (exact) mass is 316 g/mol. The van der Waals surface area contributed by atoms with Crippen LogP contribution in [0.25, 0.3) is 5.65 Å². The van der Waals surface area contributed by atoms with Gasteiger partial charge in [0.1, 0.15) is 5.60 Å². The third kappa shape index (κ3) is 3.30. The number of aryl methyl sites for hydroxylation is 1. The van der Waals surface area contributed by atoms with Crippen molar-refractivity contribution in [2.75, 3.05) is 13.1 Å². The van der Waals surface area contributed by atoms with E-state index in [1.807, 2.05) is 37.5 Å². The highest BCUT2D eigenvalue weighted by Crippen LogP contribution is 2.30. The smallest absolute Gasteiger partial charge is 0.410 e. The zero-order valence-corrected chi connectivity index (χ0v) is 14.2. The normalized spacial score (nSPS) is 16.8. The van der Waals surface area contributed by atoms with E-state index in [1.165, 1.54) is 5.69 Å². The summed E-state index contributed by atoms with van der Waals surface area (Å²) in [6, 6.07) is 1.92. The van der Waals surface area contributed by atoms with Crippen molar-refractivity contribution >= 4 is 11.7 Å². The van der Waals surface area contributed by atoms with Gasteiger partial charge in [-0.05, 0) is 46.1 Å². The van der Waals surface area contributed by atoms with Gasteiger partial charge in [-0.15, -0.1) is 0 Å². The summed E-state index contributed by atoms with van der Waals surface area (Å²) in [5, 5.41) is 4.41. The number of likely N-dealkylation sites (tertiary alicyclic amines) is 1. The molecule has 2 aromatic heterocycles. The first-order valence-corrected chi connectivity index (χ1v) is 8.12. The number of hydrogen-bond donors (Lipinski definition) is 0. The van der Waals surface area contributed by atoms with Crippen molar-refractivity contribution in [1.82, 2.24) is 19.5 Å². The second-order valence-electron chi connectivity index (χ2n) is 7.17. The number of rotatable bonds is 1. The number of fused-ring (bicyclic) bond motifs is 1. The maximum atomic E-state index is 12.2. The molecule has 0 bridgehead atoms. The van der Waals surface area contributed by atoms with E-state index in [-0.39, 0.29) is 6.09 Å². The third-order valence-corrected chi connectivity index (χ3v) is 4.18. The van der Waals surface area contributed by atoms with E-state index >= 15 is 0 Å². The molecule has 1 fully saturated rings. The van der Waals surface area contributed by atoms with Gasteiger partial charge in [-0.3, -0.25) is 0 Å². The molecule has 6 heteroatoms. The van der Waals surface area contributed by atoms with Crippen LogP contribution in [0.15, 0.2) is 18.5 Å². The molecule has 0 atom stereocenters. The molecule has 0 N–H and O–H groups in total. The Labute approximate surface area is 136 Å². The first-order chi connectivity index (χ1) is 10.8. The molecule has 2 aromatic rings. The quantitative estimate of drug-likeness (QED) is 0.811. The van der Waals surface area contributed by atoms with Crippen molar-refractivity contribution < 1.29 is 9.53 Å². The molecular formula is C17H24N4O2. The molecule has 6 nitrogen and oxygen atoms in total. The lowest BCUT2D eigenvalue weighted by molar-refractivity contribution is 0.0203. The zero-order valence-electron chi connectivity index (χ0n) is 14.2. The first-order valence-electron chi connectivity index (χ1n) is 8.12. The van der Waals surface area contributed by atoms with Gasteiger partial charge in [-0.2, -0.15) is 5.10 Å². The Morgan fingerprint density at radius 3 is 2.65 bits per heavy atom. The summed E-state index contributed by atoms with van der Waals surface area (Å²) < 4.78 is 7.39. The largest absolute Gasteiger partial charge is 0.444 e. The van der Waals surface area contributed by atoms with Crippen molar-refractivity contribution in [2.24, 2.45) is 0 Å². The second kappa shape index (κ2) is 5.83. The van der Waals surface area contributed by atoms with E-state index in [0.717, 1.165) is 24.1 Å². The van der Waals surface area contributed by atoms with Gasteiger partial charge in [0.15, 0.2) is 5.65 Å². The van der Waals surface area contributed by atoms with Crippen LogP contribution >= 0.6 is 0 Å². The highest BCUT2D eigenvalue weighted by atomic mass is 16.6. The average Bonchev–Trinajstić information content (AvgIpc) is 2.94. The van der Waals surface area contributed by atoms with Gasteiger partial charge in [0.2, 0.25) is 0 Å². The van der Waals surface area contributed by atoms with Gasteiger partial charge in [0.25, 0.3) is 0 Å². The molecule has 23 heavy (non-hydrogen) atoms. The Morgan fingerprint density at radius 1 is 1.30 bits per heavy atom. The highest BCUT2D eigenvalue weighted by molar-refractivity contribution is 5.68. The molecule has 3 rings (SSSR count). The maximum absolute atomic E-state index is 12.2. The summed E-state index contributed by atoms with van der Waals surface area (Å²) in [6.45, 7) is 9.18. The number of aromatic nitrogens is 3. The molecule has 0 radical (unpaired) electrons. The van der Waals surface area contributed by atoms with Gasteiger partial charge in [0, 0.05) is 31.3 Å². The second-order valence-corrected chi connectivity index (χ2v) is 7.17. The Balaban J connectivity index is 1.72. The molecule has 0 spiro atoms. The van der Waals surface area contributed by atoms with Crippen LogP contribution in [0.5, 0.6) is 0 Å². The Hall–Kier alpha value is -2.11. The molecule has 0 aromatic carbocycles. The maximum Gasteiger partial charge on any atom is 0.410 e. The van der Waals surface area contributed by atoms with Gasteiger partial charge < -0.3 is 9.64 Å². The van der Waals surface area contributed by atoms with Crippen molar-refractivity contribution in [2.45, 2.75) is 52.1 Å². The Morgan fingerprint density at radius 2 is 2.00 bits per heavy atom. The summed E-state index contributed by atoms with van der Waals surface area (Å²) in [7, 11) is 0. The van der Waals surface area contributed by atoms with Crippen LogP contribution in [-0.2, 0) is 4.74 Å². The standard InChI is InChI=1S/C17H24N4O2/c1-12-11-18-14-5-8-19-21(14)15(12)13-6-9-20(10-7-13)16(22)23-17(2,3)4/h5,8,11,13H,6-7,9-10H2,1-4H3. The molecule has 0 unspecified atom stereocenters. The number of amides is 1. The minimum atomic E-state index is -0.448.